The van der Waals surface area contributed by atoms with Crippen molar-refractivity contribution in [2.24, 2.45) is 0 Å². The van der Waals surface area contributed by atoms with Gasteiger partial charge in [-0.05, 0) is 43.3 Å². The minimum Gasteiger partial charge on any atom is -0.467 e. The Hall–Kier alpha value is -1.53. The van der Waals surface area contributed by atoms with Crippen LogP contribution in [-0.2, 0) is 0 Å². The maximum absolute atomic E-state index is 12.7. The minimum absolute atomic E-state index is 0.0443. The highest BCUT2D eigenvalue weighted by atomic mass is 79.9. The number of nitrogens with one attached hydrogen (secondary N) is 1. The van der Waals surface area contributed by atoms with Gasteiger partial charge < -0.3 is 10.1 Å². The first-order valence-corrected chi connectivity index (χ1v) is 8.90. The number of benzene rings is 2. The molecule has 0 saturated carbocycles. The van der Waals surface area contributed by atoms with E-state index >= 15 is 0 Å². The Morgan fingerprint density at radius 2 is 2.00 bits per heavy atom. The Kier molecular flexibility index (Phi) is 3.43. The second-order valence-corrected chi connectivity index (χ2v) is 7.81. The van der Waals surface area contributed by atoms with Crippen LogP contribution >= 0.6 is 31.9 Å². The van der Waals surface area contributed by atoms with Crippen LogP contribution < -0.4 is 15.0 Å². The molecule has 118 valence electrons. The number of carbonyl (C=O) groups is 1. The summed E-state index contributed by atoms with van der Waals surface area (Å²) in [5.74, 6) is 0.812. The second-order valence-electron chi connectivity index (χ2n) is 5.98. The summed E-state index contributed by atoms with van der Waals surface area (Å²) in [5.41, 5.74) is 1.10. The fourth-order valence-corrected chi connectivity index (χ4v) is 4.12. The lowest BCUT2D eigenvalue weighted by Crippen LogP contribution is -2.65. The highest BCUT2D eigenvalue weighted by Crippen LogP contribution is 2.46. The van der Waals surface area contributed by atoms with Crippen LogP contribution in [0.5, 0.6) is 5.75 Å². The number of anilines is 1. The number of halogens is 2. The lowest BCUT2D eigenvalue weighted by Gasteiger charge is -2.50. The van der Waals surface area contributed by atoms with Gasteiger partial charge in [0.15, 0.2) is 5.72 Å². The highest BCUT2D eigenvalue weighted by Gasteiger charge is 2.49. The molecule has 2 aliphatic heterocycles. The molecule has 23 heavy (non-hydrogen) atoms. The molecule has 2 aromatic carbocycles. The normalized spacial score (nSPS) is 25.4. The summed E-state index contributed by atoms with van der Waals surface area (Å²) in [4.78, 5) is 14.4. The molecule has 6 heteroatoms. The summed E-state index contributed by atoms with van der Waals surface area (Å²) in [6.45, 7) is 1.96. The van der Waals surface area contributed by atoms with Gasteiger partial charge in [-0.15, -0.1) is 0 Å². The van der Waals surface area contributed by atoms with Gasteiger partial charge in [0.05, 0.1) is 11.7 Å². The molecule has 2 aromatic rings. The number of fused-ring (bicyclic) bond motifs is 4. The molecule has 1 N–H and O–H groups in total. The van der Waals surface area contributed by atoms with E-state index in [1.54, 1.807) is 4.90 Å². The molecule has 2 heterocycles. The second kappa shape index (κ2) is 5.24. The van der Waals surface area contributed by atoms with Crippen molar-refractivity contribution >= 4 is 43.6 Å². The number of amides is 2. The zero-order valence-corrected chi connectivity index (χ0v) is 15.5. The van der Waals surface area contributed by atoms with Crippen molar-refractivity contribution in [1.29, 1.82) is 0 Å². The molecule has 2 amide bonds. The van der Waals surface area contributed by atoms with E-state index in [1.807, 2.05) is 49.4 Å². The molecule has 0 aromatic heterocycles. The number of rotatable bonds is 1. The van der Waals surface area contributed by atoms with Gasteiger partial charge in [-0.1, -0.05) is 37.9 Å². The summed E-state index contributed by atoms with van der Waals surface area (Å²) in [5, 5.41) is 3.10. The molecular weight excluding hydrogens is 424 g/mol. The SMILES string of the molecule is CC12CC(NC(=O)N1c1cccc(Br)c1)c1cc(Br)ccc1O2. The molecule has 0 aliphatic carbocycles. The first-order valence-electron chi connectivity index (χ1n) is 7.31. The minimum atomic E-state index is -0.714. The van der Waals surface area contributed by atoms with E-state index in [1.165, 1.54) is 0 Å². The van der Waals surface area contributed by atoms with E-state index in [4.69, 9.17) is 4.74 Å². The molecule has 4 nitrogen and oxygen atoms in total. The number of urea groups is 1. The van der Waals surface area contributed by atoms with Gasteiger partial charge >= 0.3 is 6.03 Å². The first kappa shape index (κ1) is 15.0. The highest BCUT2D eigenvalue weighted by molar-refractivity contribution is 9.10. The Bertz CT molecular complexity index is 811. The number of nitrogens with zero attached hydrogens (tertiary/aromatic N) is 1. The van der Waals surface area contributed by atoms with Gasteiger partial charge in [0.2, 0.25) is 0 Å². The van der Waals surface area contributed by atoms with E-state index in [0.29, 0.717) is 6.42 Å². The van der Waals surface area contributed by atoms with Gasteiger partial charge in [0.1, 0.15) is 5.75 Å². The Labute approximate surface area is 151 Å². The third kappa shape index (κ3) is 2.44. The van der Waals surface area contributed by atoms with Crippen molar-refractivity contribution in [1.82, 2.24) is 5.32 Å². The van der Waals surface area contributed by atoms with Gasteiger partial charge in [-0.2, -0.15) is 0 Å². The average Bonchev–Trinajstić information content (AvgIpc) is 2.47. The topological polar surface area (TPSA) is 41.6 Å². The van der Waals surface area contributed by atoms with Crippen LogP contribution in [0.3, 0.4) is 0 Å². The molecule has 1 saturated heterocycles. The van der Waals surface area contributed by atoms with Crippen molar-refractivity contribution in [2.45, 2.75) is 25.1 Å². The van der Waals surface area contributed by atoms with E-state index in [0.717, 1.165) is 25.9 Å². The van der Waals surface area contributed by atoms with Crippen molar-refractivity contribution in [3.05, 3.63) is 57.0 Å². The molecule has 2 unspecified atom stereocenters. The Morgan fingerprint density at radius 1 is 1.22 bits per heavy atom. The van der Waals surface area contributed by atoms with E-state index in [2.05, 4.69) is 37.2 Å². The first-order chi connectivity index (χ1) is 11.0. The van der Waals surface area contributed by atoms with Gasteiger partial charge in [0, 0.05) is 20.9 Å². The number of ether oxygens (including phenoxy) is 1. The molecule has 1 fully saturated rings. The van der Waals surface area contributed by atoms with E-state index in [9.17, 15) is 4.79 Å². The van der Waals surface area contributed by atoms with Crippen LogP contribution in [0.2, 0.25) is 0 Å². The average molecular weight is 438 g/mol. The quantitative estimate of drug-likeness (QED) is 0.683. The summed E-state index contributed by atoms with van der Waals surface area (Å²) in [7, 11) is 0. The third-order valence-electron chi connectivity index (χ3n) is 4.30. The van der Waals surface area contributed by atoms with Crippen LogP contribution in [0.1, 0.15) is 24.9 Å². The summed E-state index contributed by atoms with van der Waals surface area (Å²) >= 11 is 6.94. The van der Waals surface area contributed by atoms with Crippen LogP contribution in [0.15, 0.2) is 51.4 Å². The maximum Gasteiger partial charge on any atom is 0.325 e. The smallest absolute Gasteiger partial charge is 0.325 e. The predicted octanol–water partition coefficient (Wildman–Crippen LogP) is 4.98. The largest absolute Gasteiger partial charge is 0.467 e. The number of hydrogen-bond donors (Lipinski definition) is 1. The maximum atomic E-state index is 12.7. The van der Waals surface area contributed by atoms with Crippen LogP contribution in [0.25, 0.3) is 0 Å². The van der Waals surface area contributed by atoms with Crippen LogP contribution in [0.4, 0.5) is 10.5 Å². The van der Waals surface area contributed by atoms with Crippen molar-refractivity contribution in [2.75, 3.05) is 4.90 Å². The molecule has 0 spiro atoms. The van der Waals surface area contributed by atoms with Crippen molar-refractivity contribution in [3.63, 3.8) is 0 Å². The molecule has 4 rings (SSSR count). The molecule has 2 aliphatic rings. The van der Waals surface area contributed by atoms with Gasteiger partial charge in [-0.3, -0.25) is 4.90 Å². The van der Waals surface area contributed by atoms with Gasteiger partial charge in [-0.25, -0.2) is 4.79 Å². The number of hydrogen-bond acceptors (Lipinski definition) is 2. The summed E-state index contributed by atoms with van der Waals surface area (Å²) in [6.07, 6.45) is 0.689. The Morgan fingerprint density at radius 3 is 2.78 bits per heavy atom. The lowest BCUT2D eigenvalue weighted by molar-refractivity contribution is 0.0378. The van der Waals surface area contributed by atoms with E-state index in [-0.39, 0.29) is 12.1 Å². The standard InChI is InChI=1S/C17H14Br2N2O2/c1-17-9-14(13-8-11(19)5-6-15(13)23-17)20-16(22)21(17)12-4-2-3-10(18)7-12/h2-8,14H,9H2,1H3,(H,20,22). The van der Waals surface area contributed by atoms with Crippen LogP contribution in [0, 0.1) is 0 Å². The Balaban J connectivity index is 1.81. The zero-order valence-electron chi connectivity index (χ0n) is 12.3. The number of carbonyl (C=O) groups excluding carboxylic acids is 1. The van der Waals surface area contributed by atoms with Crippen LogP contribution in [-0.4, -0.2) is 11.8 Å². The molecule has 0 radical (unpaired) electrons. The lowest BCUT2D eigenvalue weighted by atomic mass is 9.90. The third-order valence-corrected chi connectivity index (χ3v) is 5.29. The molecule has 2 bridgehead atoms. The monoisotopic (exact) mass is 436 g/mol. The van der Waals surface area contributed by atoms with Crippen molar-refractivity contribution < 1.29 is 9.53 Å². The van der Waals surface area contributed by atoms with Crippen molar-refractivity contribution in [3.8, 4) is 5.75 Å². The molecular formula is C17H14Br2N2O2. The summed E-state index contributed by atoms with van der Waals surface area (Å²) < 4.78 is 8.16. The fraction of sp³-hybridized carbons (Fsp3) is 0.235. The predicted molar refractivity (Wildman–Crippen MR) is 95.7 cm³/mol. The fourth-order valence-electron chi connectivity index (χ4n) is 3.35. The molecule has 2 atom stereocenters. The summed E-state index contributed by atoms with van der Waals surface area (Å²) in [6, 6.07) is 13.4. The van der Waals surface area contributed by atoms with E-state index < -0.39 is 5.72 Å². The van der Waals surface area contributed by atoms with Gasteiger partial charge in [0.25, 0.3) is 0 Å². The zero-order chi connectivity index (χ0) is 16.2.